The van der Waals surface area contributed by atoms with Crippen molar-refractivity contribution in [2.24, 2.45) is 0 Å². The van der Waals surface area contributed by atoms with Crippen molar-refractivity contribution in [2.45, 2.75) is 18.1 Å². The third-order valence-electron chi connectivity index (χ3n) is 4.58. The molecule has 0 saturated carbocycles. The number of likely N-dealkylation sites (tertiary alicyclic amines) is 1. The number of aromatic nitrogens is 1. The maximum absolute atomic E-state index is 13.0. The zero-order valence-corrected chi connectivity index (χ0v) is 16.3. The van der Waals surface area contributed by atoms with Crippen LogP contribution in [0.25, 0.3) is 0 Å². The summed E-state index contributed by atoms with van der Waals surface area (Å²) in [5.41, 5.74) is 1.01. The van der Waals surface area contributed by atoms with Crippen LogP contribution in [0.3, 0.4) is 0 Å². The van der Waals surface area contributed by atoms with Crippen molar-refractivity contribution in [3.05, 3.63) is 54.2 Å². The Labute approximate surface area is 160 Å². The molecule has 1 saturated heterocycles. The lowest BCUT2D eigenvalue weighted by Gasteiger charge is -2.33. The van der Waals surface area contributed by atoms with Gasteiger partial charge < -0.3 is 9.80 Å². The minimum absolute atomic E-state index is 0.169. The van der Waals surface area contributed by atoms with Crippen molar-refractivity contribution in [1.82, 2.24) is 9.88 Å². The summed E-state index contributed by atoms with van der Waals surface area (Å²) in [4.78, 5) is 20.7. The number of carbonyl (C=O) groups is 1. The Kier molecular flexibility index (Phi) is 5.65. The van der Waals surface area contributed by atoms with E-state index in [1.165, 1.54) is 0 Å². The SMILES string of the molecule is CN(C)c1ncccc1C(=O)N1CCC[C@H](S(=O)(=O)Nc2ccccc2)C1. The molecule has 0 bridgehead atoms. The Morgan fingerprint density at radius 2 is 1.93 bits per heavy atom. The van der Waals surface area contributed by atoms with Crippen LogP contribution in [0.4, 0.5) is 11.5 Å². The summed E-state index contributed by atoms with van der Waals surface area (Å²) in [5.74, 6) is 0.390. The Morgan fingerprint density at radius 3 is 2.63 bits per heavy atom. The van der Waals surface area contributed by atoms with E-state index in [-0.39, 0.29) is 12.5 Å². The molecule has 7 nitrogen and oxygen atoms in total. The first kappa shape index (κ1) is 19.2. The average Bonchev–Trinajstić information content (AvgIpc) is 2.68. The van der Waals surface area contributed by atoms with Crippen LogP contribution >= 0.6 is 0 Å². The van der Waals surface area contributed by atoms with Gasteiger partial charge in [0.15, 0.2) is 0 Å². The van der Waals surface area contributed by atoms with Crippen molar-refractivity contribution in [3.63, 3.8) is 0 Å². The number of pyridine rings is 1. The molecule has 0 spiro atoms. The molecule has 144 valence electrons. The summed E-state index contributed by atoms with van der Waals surface area (Å²) >= 11 is 0. The first-order valence-electron chi connectivity index (χ1n) is 8.87. The van der Waals surface area contributed by atoms with Crippen LogP contribution in [0.1, 0.15) is 23.2 Å². The van der Waals surface area contributed by atoms with Crippen LogP contribution in [-0.2, 0) is 10.0 Å². The zero-order chi connectivity index (χ0) is 19.4. The fourth-order valence-electron chi connectivity index (χ4n) is 3.22. The molecular formula is C19H24N4O3S. The standard InChI is InChI=1S/C19H24N4O3S/c1-22(2)18-17(11-6-12-20-18)19(24)23-13-7-10-16(14-23)27(25,26)21-15-8-4-3-5-9-15/h3-6,8-9,11-12,16,21H,7,10,13-14H2,1-2H3/t16-/m0/s1. The highest BCUT2D eigenvalue weighted by Crippen LogP contribution is 2.23. The number of para-hydroxylation sites is 1. The van der Waals surface area contributed by atoms with Gasteiger partial charge in [0.1, 0.15) is 5.82 Å². The number of rotatable bonds is 5. The van der Waals surface area contributed by atoms with E-state index < -0.39 is 15.3 Å². The van der Waals surface area contributed by atoms with Crippen LogP contribution in [-0.4, -0.2) is 56.6 Å². The van der Waals surface area contributed by atoms with Gasteiger partial charge in [0, 0.05) is 39.1 Å². The minimum atomic E-state index is -3.58. The average molecular weight is 388 g/mol. The second-order valence-electron chi connectivity index (χ2n) is 6.80. The summed E-state index contributed by atoms with van der Waals surface area (Å²) in [5, 5.41) is -0.644. The number of hydrogen-bond donors (Lipinski definition) is 1. The maximum atomic E-state index is 13.0. The zero-order valence-electron chi connectivity index (χ0n) is 15.5. The van der Waals surface area contributed by atoms with Crippen LogP contribution in [0, 0.1) is 0 Å². The summed E-state index contributed by atoms with van der Waals surface area (Å²) in [7, 11) is 0.0701. The van der Waals surface area contributed by atoms with Crippen LogP contribution in [0.5, 0.6) is 0 Å². The van der Waals surface area contributed by atoms with E-state index in [2.05, 4.69) is 9.71 Å². The van der Waals surface area contributed by atoms with E-state index in [1.54, 1.807) is 52.4 Å². The Balaban J connectivity index is 1.77. The number of sulfonamides is 1. The number of nitrogens with one attached hydrogen (secondary N) is 1. The largest absolute Gasteiger partial charge is 0.362 e. The van der Waals surface area contributed by atoms with Gasteiger partial charge in [-0.25, -0.2) is 13.4 Å². The van der Waals surface area contributed by atoms with E-state index in [4.69, 9.17) is 0 Å². The van der Waals surface area contributed by atoms with Crippen molar-refractivity contribution in [2.75, 3.05) is 36.8 Å². The molecule has 2 heterocycles. The minimum Gasteiger partial charge on any atom is -0.362 e. The molecule has 1 atom stereocenters. The Hall–Kier alpha value is -2.61. The molecule has 0 unspecified atom stereocenters. The molecule has 1 aliphatic rings. The Bertz CT molecular complexity index is 900. The molecular weight excluding hydrogens is 364 g/mol. The van der Waals surface area contributed by atoms with Gasteiger partial charge in [-0.3, -0.25) is 9.52 Å². The van der Waals surface area contributed by atoms with E-state index in [0.717, 1.165) is 0 Å². The molecule has 3 rings (SSSR count). The lowest BCUT2D eigenvalue weighted by atomic mass is 10.1. The number of piperidine rings is 1. The predicted octanol–water partition coefficient (Wildman–Crippen LogP) is 2.19. The Morgan fingerprint density at radius 1 is 1.19 bits per heavy atom. The highest BCUT2D eigenvalue weighted by Gasteiger charge is 2.33. The monoisotopic (exact) mass is 388 g/mol. The van der Waals surface area contributed by atoms with Crippen molar-refractivity contribution >= 4 is 27.4 Å². The first-order valence-corrected chi connectivity index (χ1v) is 10.4. The lowest BCUT2D eigenvalue weighted by Crippen LogP contribution is -2.47. The third-order valence-corrected chi connectivity index (χ3v) is 6.36. The smallest absolute Gasteiger partial charge is 0.257 e. The fraction of sp³-hybridized carbons (Fsp3) is 0.368. The van der Waals surface area contributed by atoms with Gasteiger partial charge in [0.25, 0.3) is 5.91 Å². The first-order chi connectivity index (χ1) is 12.9. The van der Waals surface area contributed by atoms with Crippen LogP contribution < -0.4 is 9.62 Å². The van der Waals surface area contributed by atoms with Gasteiger partial charge in [0.2, 0.25) is 10.0 Å². The van der Waals surface area contributed by atoms with Crippen molar-refractivity contribution in [1.29, 1.82) is 0 Å². The van der Waals surface area contributed by atoms with Gasteiger partial charge in [0.05, 0.1) is 10.8 Å². The number of anilines is 2. The maximum Gasteiger partial charge on any atom is 0.257 e. The topological polar surface area (TPSA) is 82.6 Å². The number of hydrogen-bond acceptors (Lipinski definition) is 5. The van der Waals surface area contributed by atoms with E-state index in [0.29, 0.717) is 36.5 Å². The molecule has 1 aromatic heterocycles. The summed E-state index contributed by atoms with van der Waals surface area (Å²) in [6.45, 7) is 0.709. The molecule has 1 amide bonds. The summed E-state index contributed by atoms with van der Waals surface area (Å²) in [6.07, 6.45) is 2.81. The quantitative estimate of drug-likeness (QED) is 0.849. The second-order valence-corrected chi connectivity index (χ2v) is 8.76. The molecule has 0 radical (unpaired) electrons. The van der Waals surface area contributed by atoms with Gasteiger partial charge in [-0.05, 0) is 37.1 Å². The van der Waals surface area contributed by atoms with E-state index in [9.17, 15) is 13.2 Å². The van der Waals surface area contributed by atoms with E-state index in [1.807, 2.05) is 20.2 Å². The van der Waals surface area contributed by atoms with Gasteiger partial charge in [-0.1, -0.05) is 18.2 Å². The lowest BCUT2D eigenvalue weighted by molar-refractivity contribution is 0.0727. The fourth-order valence-corrected chi connectivity index (χ4v) is 4.70. The molecule has 8 heteroatoms. The molecule has 2 aromatic rings. The van der Waals surface area contributed by atoms with Crippen LogP contribution in [0.15, 0.2) is 48.7 Å². The predicted molar refractivity (Wildman–Crippen MR) is 106 cm³/mol. The number of benzene rings is 1. The van der Waals surface area contributed by atoms with Crippen LogP contribution in [0.2, 0.25) is 0 Å². The highest BCUT2D eigenvalue weighted by molar-refractivity contribution is 7.93. The number of carbonyl (C=O) groups excluding carboxylic acids is 1. The molecule has 1 N–H and O–H groups in total. The normalized spacial score (nSPS) is 17.4. The van der Waals surface area contributed by atoms with Gasteiger partial charge in [-0.2, -0.15) is 0 Å². The van der Waals surface area contributed by atoms with Gasteiger partial charge in [-0.15, -0.1) is 0 Å². The molecule has 1 aromatic carbocycles. The van der Waals surface area contributed by atoms with Crippen molar-refractivity contribution in [3.8, 4) is 0 Å². The molecule has 1 aliphatic heterocycles. The molecule has 1 fully saturated rings. The number of nitrogens with zero attached hydrogens (tertiary/aromatic N) is 3. The molecule has 27 heavy (non-hydrogen) atoms. The summed E-state index contributed by atoms with van der Waals surface area (Å²) < 4.78 is 28.2. The van der Waals surface area contributed by atoms with Gasteiger partial charge >= 0.3 is 0 Å². The van der Waals surface area contributed by atoms with Crippen molar-refractivity contribution < 1.29 is 13.2 Å². The second kappa shape index (κ2) is 7.96. The number of amides is 1. The highest BCUT2D eigenvalue weighted by atomic mass is 32.2. The molecule has 0 aliphatic carbocycles. The summed E-state index contributed by atoms with van der Waals surface area (Å²) in [6, 6.07) is 12.2. The third kappa shape index (κ3) is 4.39. The van der Waals surface area contributed by atoms with E-state index >= 15 is 0 Å².